The molecule has 1 fully saturated rings. The van der Waals surface area contributed by atoms with E-state index >= 15 is 0 Å². The average Bonchev–Trinajstić information content (AvgIpc) is 3.22. The fourth-order valence-electron chi connectivity index (χ4n) is 2.36. The first-order valence-electron chi connectivity index (χ1n) is 7.01. The number of hydrogen-bond acceptors (Lipinski definition) is 4. The van der Waals surface area contributed by atoms with Crippen molar-refractivity contribution in [2.24, 2.45) is 5.41 Å². The Labute approximate surface area is 113 Å². The lowest BCUT2D eigenvalue weighted by Gasteiger charge is -2.14. The summed E-state index contributed by atoms with van der Waals surface area (Å²) in [7, 11) is 0. The molecule has 0 spiro atoms. The Balaban J connectivity index is 1.57. The van der Waals surface area contributed by atoms with Gasteiger partial charge in [-0.3, -0.25) is 0 Å². The first kappa shape index (κ1) is 12.8. The second-order valence-electron chi connectivity index (χ2n) is 5.59. The molecule has 1 aliphatic carbocycles. The summed E-state index contributed by atoms with van der Waals surface area (Å²) in [6.07, 6.45) is 3.20. The maximum Gasteiger partial charge on any atom is 0.161 e. The van der Waals surface area contributed by atoms with E-state index in [9.17, 15) is 5.11 Å². The summed E-state index contributed by atoms with van der Waals surface area (Å²) in [4.78, 5) is 0. The van der Waals surface area contributed by atoms with E-state index in [-0.39, 0.29) is 5.41 Å². The SMILES string of the molecule is OCC1(CNCc2ccc3c(c2)OCCCO3)CC1. The van der Waals surface area contributed by atoms with Crippen molar-refractivity contribution in [3.63, 3.8) is 0 Å². The molecule has 0 saturated heterocycles. The van der Waals surface area contributed by atoms with Gasteiger partial charge in [-0.15, -0.1) is 0 Å². The number of hydrogen-bond donors (Lipinski definition) is 2. The van der Waals surface area contributed by atoms with Gasteiger partial charge in [0.05, 0.1) is 13.2 Å². The van der Waals surface area contributed by atoms with E-state index < -0.39 is 0 Å². The molecule has 0 amide bonds. The maximum absolute atomic E-state index is 9.27. The second-order valence-corrected chi connectivity index (χ2v) is 5.59. The second kappa shape index (κ2) is 5.39. The summed E-state index contributed by atoms with van der Waals surface area (Å²) in [6.45, 7) is 3.43. The minimum absolute atomic E-state index is 0.158. The van der Waals surface area contributed by atoms with Crippen LogP contribution in [0, 0.1) is 5.41 Å². The lowest BCUT2D eigenvalue weighted by Crippen LogP contribution is -2.26. The van der Waals surface area contributed by atoms with E-state index in [1.54, 1.807) is 0 Å². The fraction of sp³-hybridized carbons (Fsp3) is 0.600. The van der Waals surface area contributed by atoms with Gasteiger partial charge in [0, 0.05) is 31.5 Å². The van der Waals surface area contributed by atoms with Gasteiger partial charge in [-0.1, -0.05) is 6.07 Å². The highest BCUT2D eigenvalue weighted by Crippen LogP contribution is 2.44. The van der Waals surface area contributed by atoms with Gasteiger partial charge in [0.1, 0.15) is 0 Å². The van der Waals surface area contributed by atoms with Crippen molar-refractivity contribution < 1.29 is 14.6 Å². The number of nitrogens with one attached hydrogen (secondary N) is 1. The molecule has 1 aliphatic heterocycles. The molecule has 3 rings (SSSR count). The third-order valence-electron chi connectivity index (χ3n) is 3.93. The summed E-state index contributed by atoms with van der Waals surface area (Å²) in [6, 6.07) is 6.10. The van der Waals surface area contributed by atoms with Gasteiger partial charge in [0.2, 0.25) is 0 Å². The van der Waals surface area contributed by atoms with E-state index in [4.69, 9.17) is 9.47 Å². The summed E-state index contributed by atoms with van der Waals surface area (Å²) >= 11 is 0. The predicted octanol–water partition coefficient (Wildman–Crippen LogP) is 1.71. The van der Waals surface area contributed by atoms with Crippen LogP contribution in [0.3, 0.4) is 0 Å². The number of aliphatic hydroxyl groups is 1. The third kappa shape index (κ3) is 3.01. The quantitative estimate of drug-likeness (QED) is 0.849. The van der Waals surface area contributed by atoms with Crippen molar-refractivity contribution in [3.8, 4) is 11.5 Å². The topological polar surface area (TPSA) is 50.7 Å². The van der Waals surface area contributed by atoms with E-state index in [0.717, 1.165) is 57.1 Å². The van der Waals surface area contributed by atoms with Crippen LogP contribution in [0.5, 0.6) is 11.5 Å². The molecule has 1 aromatic rings. The Bertz CT molecular complexity index is 443. The molecular formula is C15H21NO3. The highest BCUT2D eigenvalue weighted by atomic mass is 16.5. The molecule has 0 bridgehead atoms. The normalized spacial score (nSPS) is 19.8. The van der Waals surface area contributed by atoms with E-state index in [1.165, 1.54) is 5.56 Å². The van der Waals surface area contributed by atoms with Gasteiger partial charge in [-0.2, -0.15) is 0 Å². The van der Waals surface area contributed by atoms with Crippen LogP contribution < -0.4 is 14.8 Å². The van der Waals surface area contributed by atoms with Gasteiger partial charge in [-0.25, -0.2) is 0 Å². The largest absolute Gasteiger partial charge is 0.490 e. The molecule has 19 heavy (non-hydrogen) atoms. The highest BCUT2D eigenvalue weighted by molar-refractivity contribution is 5.43. The Kier molecular flexibility index (Phi) is 3.62. The summed E-state index contributed by atoms with van der Waals surface area (Å²) in [5.74, 6) is 1.69. The molecule has 0 aromatic heterocycles. The van der Waals surface area contributed by atoms with E-state index in [1.807, 2.05) is 12.1 Å². The Morgan fingerprint density at radius 3 is 2.68 bits per heavy atom. The van der Waals surface area contributed by atoms with E-state index in [2.05, 4.69) is 11.4 Å². The number of fused-ring (bicyclic) bond motifs is 1. The maximum atomic E-state index is 9.27. The smallest absolute Gasteiger partial charge is 0.161 e. The monoisotopic (exact) mass is 263 g/mol. The first-order valence-corrected chi connectivity index (χ1v) is 7.01. The van der Waals surface area contributed by atoms with Crippen molar-refractivity contribution >= 4 is 0 Å². The van der Waals surface area contributed by atoms with Crippen LogP contribution >= 0.6 is 0 Å². The van der Waals surface area contributed by atoms with Crippen molar-refractivity contribution in [3.05, 3.63) is 23.8 Å². The lowest BCUT2D eigenvalue weighted by molar-refractivity contribution is 0.207. The van der Waals surface area contributed by atoms with Gasteiger partial charge < -0.3 is 19.9 Å². The number of benzene rings is 1. The molecule has 0 atom stereocenters. The molecule has 1 aromatic carbocycles. The van der Waals surface area contributed by atoms with E-state index in [0.29, 0.717) is 6.61 Å². The van der Waals surface area contributed by atoms with Crippen LogP contribution in [0.25, 0.3) is 0 Å². The van der Waals surface area contributed by atoms with Gasteiger partial charge in [0.15, 0.2) is 11.5 Å². The molecular weight excluding hydrogens is 242 g/mol. The minimum atomic E-state index is 0.158. The van der Waals surface area contributed by atoms with Crippen LogP contribution in [0.1, 0.15) is 24.8 Å². The number of rotatable bonds is 5. The fourth-order valence-corrected chi connectivity index (χ4v) is 2.36. The Morgan fingerprint density at radius 1 is 1.16 bits per heavy atom. The Morgan fingerprint density at radius 2 is 1.95 bits per heavy atom. The minimum Gasteiger partial charge on any atom is -0.490 e. The molecule has 1 heterocycles. The molecule has 4 heteroatoms. The molecule has 0 unspecified atom stereocenters. The van der Waals surface area contributed by atoms with Crippen molar-refractivity contribution in [1.82, 2.24) is 5.32 Å². The standard InChI is InChI=1S/C15H21NO3/c17-11-15(4-5-15)10-16-9-12-2-3-13-14(8-12)19-7-1-6-18-13/h2-3,8,16-17H,1,4-7,9-11H2. The van der Waals surface area contributed by atoms with Crippen LogP contribution in [0.4, 0.5) is 0 Å². The molecule has 4 nitrogen and oxygen atoms in total. The zero-order valence-corrected chi connectivity index (χ0v) is 11.2. The molecule has 2 N–H and O–H groups in total. The Hall–Kier alpha value is -1.26. The van der Waals surface area contributed by atoms with Crippen molar-refractivity contribution in [2.45, 2.75) is 25.8 Å². The molecule has 0 radical (unpaired) electrons. The van der Waals surface area contributed by atoms with Crippen LogP contribution in [-0.4, -0.2) is 31.5 Å². The van der Waals surface area contributed by atoms with Crippen LogP contribution in [0.15, 0.2) is 18.2 Å². The average molecular weight is 263 g/mol. The zero-order valence-electron chi connectivity index (χ0n) is 11.2. The molecule has 2 aliphatic rings. The van der Waals surface area contributed by atoms with Gasteiger partial charge in [0.25, 0.3) is 0 Å². The zero-order chi connectivity index (χ0) is 13.1. The third-order valence-corrected chi connectivity index (χ3v) is 3.93. The summed E-state index contributed by atoms with van der Waals surface area (Å²) < 4.78 is 11.3. The highest BCUT2D eigenvalue weighted by Gasteiger charge is 2.41. The molecule has 104 valence electrons. The summed E-state index contributed by atoms with van der Waals surface area (Å²) in [5, 5.41) is 12.7. The molecule has 1 saturated carbocycles. The van der Waals surface area contributed by atoms with Crippen molar-refractivity contribution in [2.75, 3.05) is 26.4 Å². The van der Waals surface area contributed by atoms with Crippen molar-refractivity contribution in [1.29, 1.82) is 0 Å². The van der Waals surface area contributed by atoms with Crippen LogP contribution in [-0.2, 0) is 6.54 Å². The van der Waals surface area contributed by atoms with Gasteiger partial charge in [-0.05, 0) is 30.5 Å². The first-order chi connectivity index (χ1) is 9.31. The van der Waals surface area contributed by atoms with Gasteiger partial charge >= 0.3 is 0 Å². The lowest BCUT2D eigenvalue weighted by atomic mass is 10.1. The summed E-state index contributed by atoms with van der Waals surface area (Å²) in [5.41, 5.74) is 1.35. The predicted molar refractivity (Wildman–Crippen MR) is 72.5 cm³/mol. The number of aliphatic hydroxyl groups excluding tert-OH is 1. The number of ether oxygens (including phenoxy) is 2. The van der Waals surface area contributed by atoms with Crippen LogP contribution in [0.2, 0.25) is 0 Å².